The van der Waals surface area contributed by atoms with Crippen molar-refractivity contribution in [2.75, 3.05) is 7.11 Å². The first-order chi connectivity index (χ1) is 12.3. The van der Waals surface area contributed by atoms with Gasteiger partial charge in [0, 0.05) is 0 Å². The first-order valence-electron chi connectivity index (χ1n) is 8.29. The van der Waals surface area contributed by atoms with Crippen molar-refractivity contribution in [1.82, 2.24) is 10.6 Å². The van der Waals surface area contributed by atoms with Crippen molar-refractivity contribution < 1.29 is 29.0 Å². The zero-order valence-corrected chi connectivity index (χ0v) is 15.4. The van der Waals surface area contributed by atoms with Crippen LogP contribution in [0.3, 0.4) is 0 Å². The van der Waals surface area contributed by atoms with Gasteiger partial charge in [0.1, 0.15) is 18.7 Å². The lowest BCUT2D eigenvalue weighted by atomic mass is 10.0. The molecule has 0 heterocycles. The van der Waals surface area contributed by atoms with Gasteiger partial charge in [-0.25, -0.2) is 9.59 Å². The maximum atomic E-state index is 12.4. The van der Waals surface area contributed by atoms with Crippen molar-refractivity contribution in [3.05, 3.63) is 35.9 Å². The van der Waals surface area contributed by atoms with Gasteiger partial charge >= 0.3 is 12.1 Å². The highest BCUT2D eigenvalue weighted by molar-refractivity contribution is 5.90. The number of amides is 2. The number of benzene rings is 1. The van der Waals surface area contributed by atoms with Crippen molar-refractivity contribution >= 4 is 18.0 Å². The minimum atomic E-state index is -1.27. The van der Waals surface area contributed by atoms with Crippen LogP contribution in [0, 0.1) is 5.92 Å². The summed E-state index contributed by atoms with van der Waals surface area (Å²) in [5, 5.41) is 14.6. The van der Waals surface area contributed by atoms with Crippen LogP contribution in [0.1, 0.15) is 26.3 Å². The molecule has 2 amide bonds. The van der Waals surface area contributed by atoms with Gasteiger partial charge < -0.3 is 25.2 Å². The Morgan fingerprint density at radius 3 is 2.15 bits per heavy atom. The van der Waals surface area contributed by atoms with E-state index in [1.807, 2.05) is 18.2 Å². The molecule has 3 atom stereocenters. The van der Waals surface area contributed by atoms with Crippen molar-refractivity contribution in [3.8, 4) is 0 Å². The van der Waals surface area contributed by atoms with Crippen LogP contribution in [0.25, 0.3) is 0 Å². The quantitative estimate of drug-likeness (QED) is 0.591. The van der Waals surface area contributed by atoms with Crippen molar-refractivity contribution in [2.24, 2.45) is 5.92 Å². The molecular weight excluding hydrogens is 340 g/mol. The molecule has 0 saturated heterocycles. The third-order valence-corrected chi connectivity index (χ3v) is 3.67. The topological polar surface area (TPSA) is 114 Å². The number of alkyl carbamates (subject to hydrolysis) is 1. The highest BCUT2D eigenvalue weighted by Gasteiger charge is 2.31. The number of methoxy groups -OCH3 is 1. The van der Waals surface area contributed by atoms with Gasteiger partial charge in [0.2, 0.25) is 5.91 Å². The third kappa shape index (κ3) is 6.72. The molecule has 1 aromatic carbocycles. The van der Waals surface area contributed by atoms with E-state index in [1.54, 1.807) is 26.0 Å². The Bertz CT molecular complexity index is 603. The SMILES string of the molecule is COC(=O)[C@H](NC(=O)[C@H](NC(=O)OCc1ccccc1)[C@H](C)O)C(C)C. The molecule has 1 aromatic rings. The van der Waals surface area contributed by atoms with E-state index >= 15 is 0 Å². The standard InChI is InChI=1S/C18H26N2O6/c1-11(2)14(17(23)25-4)19-16(22)15(12(3)21)20-18(24)26-10-13-8-6-5-7-9-13/h5-9,11-12,14-15,21H,10H2,1-4H3,(H,19,22)(H,20,24)/t12-,14+,15+/m0/s1. The minimum absolute atomic E-state index is 0.0254. The van der Waals surface area contributed by atoms with E-state index < -0.39 is 36.2 Å². The predicted octanol–water partition coefficient (Wildman–Crippen LogP) is 0.976. The van der Waals surface area contributed by atoms with Crippen LogP contribution >= 0.6 is 0 Å². The predicted molar refractivity (Wildman–Crippen MR) is 94.0 cm³/mol. The van der Waals surface area contributed by atoms with E-state index in [1.165, 1.54) is 14.0 Å². The summed E-state index contributed by atoms with van der Waals surface area (Å²) >= 11 is 0. The zero-order chi connectivity index (χ0) is 19.7. The molecule has 8 nitrogen and oxygen atoms in total. The van der Waals surface area contributed by atoms with Crippen LogP contribution < -0.4 is 10.6 Å². The molecule has 0 unspecified atom stereocenters. The number of aliphatic hydroxyl groups is 1. The largest absolute Gasteiger partial charge is 0.467 e. The molecule has 0 radical (unpaired) electrons. The summed E-state index contributed by atoms with van der Waals surface area (Å²) in [6.45, 7) is 4.85. The number of aliphatic hydroxyl groups excluding tert-OH is 1. The second-order valence-electron chi connectivity index (χ2n) is 6.18. The molecule has 0 bridgehead atoms. The first-order valence-corrected chi connectivity index (χ1v) is 8.29. The van der Waals surface area contributed by atoms with E-state index in [2.05, 4.69) is 15.4 Å². The lowest BCUT2D eigenvalue weighted by Crippen LogP contribution is -2.57. The summed E-state index contributed by atoms with van der Waals surface area (Å²) in [5.74, 6) is -1.55. The number of rotatable bonds is 8. The van der Waals surface area contributed by atoms with Crippen LogP contribution in [0.2, 0.25) is 0 Å². The van der Waals surface area contributed by atoms with Crippen molar-refractivity contribution in [3.63, 3.8) is 0 Å². The second kappa shape index (κ2) is 10.4. The van der Waals surface area contributed by atoms with Gasteiger partial charge in [-0.3, -0.25) is 4.79 Å². The second-order valence-corrected chi connectivity index (χ2v) is 6.18. The molecule has 26 heavy (non-hydrogen) atoms. The Morgan fingerprint density at radius 1 is 1.04 bits per heavy atom. The number of esters is 1. The van der Waals surface area contributed by atoms with E-state index in [0.29, 0.717) is 0 Å². The lowest BCUT2D eigenvalue weighted by Gasteiger charge is -2.25. The number of hydrogen-bond donors (Lipinski definition) is 3. The van der Waals surface area contributed by atoms with Gasteiger partial charge in [-0.1, -0.05) is 44.2 Å². The Morgan fingerprint density at radius 2 is 1.65 bits per heavy atom. The van der Waals surface area contributed by atoms with E-state index in [9.17, 15) is 19.5 Å². The molecular formula is C18H26N2O6. The molecule has 0 saturated carbocycles. The molecule has 0 aromatic heterocycles. The fraction of sp³-hybridized carbons (Fsp3) is 0.500. The Labute approximate surface area is 152 Å². The number of nitrogens with one attached hydrogen (secondary N) is 2. The number of hydrogen-bond acceptors (Lipinski definition) is 6. The molecule has 0 fully saturated rings. The van der Waals surface area contributed by atoms with E-state index in [0.717, 1.165) is 5.56 Å². The maximum absolute atomic E-state index is 12.4. The van der Waals surface area contributed by atoms with Crippen LogP contribution in [0.5, 0.6) is 0 Å². The Hall–Kier alpha value is -2.61. The summed E-state index contributed by atoms with van der Waals surface area (Å²) in [5.41, 5.74) is 0.784. The van der Waals surface area contributed by atoms with Gasteiger partial charge in [-0.15, -0.1) is 0 Å². The van der Waals surface area contributed by atoms with Crippen molar-refractivity contribution in [1.29, 1.82) is 0 Å². The summed E-state index contributed by atoms with van der Waals surface area (Å²) in [7, 11) is 1.22. The minimum Gasteiger partial charge on any atom is -0.467 e. The summed E-state index contributed by atoms with van der Waals surface area (Å²) in [6.07, 6.45) is -2.04. The van der Waals surface area contributed by atoms with Crippen LogP contribution in [0.15, 0.2) is 30.3 Å². The maximum Gasteiger partial charge on any atom is 0.408 e. The fourth-order valence-electron chi connectivity index (χ4n) is 2.16. The third-order valence-electron chi connectivity index (χ3n) is 3.67. The molecule has 0 aliphatic carbocycles. The summed E-state index contributed by atoms with van der Waals surface area (Å²) in [6, 6.07) is 6.86. The van der Waals surface area contributed by atoms with E-state index in [4.69, 9.17) is 4.74 Å². The summed E-state index contributed by atoms with van der Waals surface area (Å²) in [4.78, 5) is 36.1. The van der Waals surface area contributed by atoms with Crippen LogP contribution in [-0.4, -0.2) is 48.4 Å². The van der Waals surface area contributed by atoms with Crippen LogP contribution in [-0.2, 0) is 25.7 Å². The average Bonchev–Trinajstić information content (AvgIpc) is 2.61. The molecule has 8 heteroatoms. The van der Waals surface area contributed by atoms with Crippen LogP contribution in [0.4, 0.5) is 4.79 Å². The van der Waals surface area contributed by atoms with Gasteiger partial charge in [0.15, 0.2) is 0 Å². The normalized spacial score (nSPS) is 14.1. The molecule has 144 valence electrons. The first kappa shape index (κ1) is 21.4. The smallest absolute Gasteiger partial charge is 0.408 e. The number of carbonyl (C=O) groups excluding carboxylic acids is 3. The monoisotopic (exact) mass is 366 g/mol. The summed E-state index contributed by atoms with van der Waals surface area (Å²) < 4.78 is 9.70. The highest BCUT2D eigenvalue weighted by Crippen LogP contribution is 2.06. The van der Waals surface area contributed by atoms with Gasteiger partial charge in [0.05, 0.1) is 13.2 Å². The molecule has 1 rings (SSSR count). The zero-order valence-electron chi connectivity index (χ0n) is 15.4. The number of carbonyl (C=O) groups is 3. The van der Waals surface area contributed by atoms with E-state index in [-0.39, 0.29) is 12.5 Å². The Kier molecular flexibility index (Phi) is 8.57. The fourth-order valence-corrected chi connectivity index (χ4v) is 2.16. The van der Waals surface area contributed by atoms with Gasteiger partial charge in [-0.05, 0) is 18.4 Å². The number of ether oxygens (including phenoxy) is 2. The molecule has 0 aliphatic heterocycles. The molecule has 0 aliphatic rings. The average molecular weight is 366 g/mol. The molecule has 0 spiro atoms. The molecule has 3 N–H and O–H groups in total. The highest BCUT2D eigenvalue weighted by atomic mass is 16.5. The van der Waals surface area contributed by atoms with Gasteiger partial charge in [-0.2, -0.15) is 0 Å². The van der Waals surface area contributed by atoms with Crippen molar-refractivity contribution in [2.45, 2.75) is 45.6 Å². The van der Waals surface area contributed by atoms with Gasteiger partial charge in [0.25, 0.3) is 0 Å². The Balaban J connectivity index is 2.67. The lowest BCUT2D eigenvalue weighted by molar-refractivity contribution is -0.147.